The molecule has 0 aliphatic carbocycles. The SMILES string of the molecule is Nc1cccnc1Nc1cccc(/C=C/c2ccc[n+]([O-])c2)c1. The largest absolute Gasteiger partial charge is 0.619 e. The lowest BCUT2D eigenvalue weighted by atomic mass is 10.1. The molecule has 0 saturated heterocycles. The quantitative estimate of drug-likeness (QED) is 0.573. The van der Waals surface area contributed by atoms with Crippen LogP contribution in [0.2, 0.25) is 0 Å². The van der Waals surface area contributed by atoms with Crippen molar-refractivity contribution in [2.75, 3.05) is 11.1 Å². The Morgan fingerprint density at radius 2 is 1.87 bits per heavy atom. The van der Waals surface area contributed by atoms with Crippen molar-refractivity contribution in [3.63, 3.8) is 0 Å². The summed E-state index contributed by atoms with van der Waals surface area (Å²) in [5, 5.41) is 14.4. The number of anilines is 3. The van der Waals surface area contributed by atoms with Crippen LogP contribution in [0.3, 0.4) is 0 Å². The average Bonchev–Trinajstić information content (AvgIpc) is 2.56. The van der Waals surface area contributed by atoms with Gasteiger partial charge in [-0.25, -0.2) is 4.98 Å². The Balaban J connectivity index is 1.79. The molecule has 114 valence electrons. The molecule has 0 bridgehead atoms. The molecule has 5 nitrogen and oxygen atoms in total. The second kappa shape index (κ2) is 6.62. The van der Waals surface area contributed by atoms with Crippen molar-refractivity contribution < 1.29 is 4.73 Å². The van der Waals surface area contributed by atoms with E-state index >= 15 is 0 Å². The van der Waals surface area contributed by atoms with E-state index in [0.29, 0.717) is 11.5 Å². The van der Waals surface area contributed by atoms with Gasteiger partial charge in [0.05, 0.1) is 5.69 Å². The molecule has 0 unspecified atom stereocenters. The number of nitrogen functional groups attached to an aromatic ring is 1. The van der Waals surface area contributed by atoms with Crippen LogP contribution >= 0.6 is 0 Å². The maximum atomic E-state index is 11.2. The molecule has 0 saturated carbocycles. The van der Waals surface area contributed by atoms with Crippen LogP contribution in [0.25, 0.3) is 12.2 Å². The number of aromatic nitrogens is 2. The smallest absolute Gasteiger partial charge is 0.187 e. The van der Waals surface area contributed by atoms with Gasteiger partial charge in [0.15, 0.2) is 18.2 Å². The number of hydrogen-bond donors (Lipinski definition) is 2. The molecule has 1 aromatic carbocycles. The zero-order valence-corrected chi connectivity index (χ0v) is 12.4. The summed E-state index contributed by atoms with van der Waals surface area (Å²) in [4.78, 5) is 4.21. The van der Waals surface area contributed by atoms with Gasteiger partial charge in [0, 0.05) is 23.5 Å². The predicted molar refractivity (Wildman–Crippen MR) is 92.7 cm³/mol. The van der Waals surface area contributed by atoms with Gasteiger partial charge in [0.2, 0.25) is 0 Å². The summed E-state index contributed by atoms with van der Waals surface area (Å²) in [6.07, 6.45) is 8.51. The van der Waals surface area contributed by atoms with Crippen molar-refractivity contribution in [3.8, 4) is 0 Å². The summed E-state index contributed by atoms with van der Waals surface area (Å²) < 4.78 is 0.779. The Morgan fingerprint density at radius 3 is 2.70 bits per heavy atom. The second-order valence-corrected chi connectivity index (χ2v) is 5.02. The van der Waals surface area contributed by atoms with E-state index in [1.54, 1.807) is 24.4 Å². The molecular weight excluding hydrogens is 288 g/mol. The molecule has 23 heavy (non-hydrogen) atoms. The van der Waals surface area contributed by atoms with Crippen molar-refractivity contribution in [2.45, 2.75) is 0 Å². The summed E-state index contributed by atoms with van der Waals surface area (Å²) in [5.74, 6) is 0.629. The number of benzene rings is 1. The highest BCUT2D eigenvalue weighted by Crippen LogP contribution is 2.21. The molecule has 2 aromatic heterocycles. The van der Waals surface area contributed by atoms with E-state index in [2.05, 4.69) is 10.3 Å². The van der Waals surface area contributed by atoms with Crippen molar-refractivity contribution in [1.82, 2.24) is 4.98 Å². The van der Waals surface area contributed by atoms with Gasteiger partial charge in [0.25, 0.3) is 0 Å². The number of nitrogens with one attached hydrogen (secondary N) is 1. The molecule has 3 aromatic rings. The average molecular weight is 304 g/mol. The molecule has 0 atom stereocenters. The highest BCUT2D eigenvalue weighted by molar-refractivity contribution is 5.73. The van der Waals surface area contributed by atoms with E-state index in [9.17, 15) is 5.21 Å². The standard InChI is InChI=1S/C18H16N4O/c19-17-7-2-10-20-18(17)21-16-6-1-4-14(12-16)8-9-15-5-3-11-22(23)13-15/h1-13H,19H2,(H,20,21)/b9-8+. The highest BCUT2D eigenvalue weighted by atomic mass is 16.5. The van der Waals surface area contributed by atoms with Crippen molar-refractivity contribution >= 4 is 29.3 Å². The van der Waals surface area contributed by atoms with Crippen LogP contribution in [0.5, 0.6) is 0 Å². The third-order valence-corrected chi connectivity index (χ3v) is 3.25. The minimum absolute atomic E-state index is 0.595. The molecule has 2 heterocycles. The highest BCUT2D eigenvalue weighted by Gasteiger charge is 2.00. The third-order valence-electron chi connectivity index (χ3n) is 3.25. The van der Waals surface area contributed by atoms with Crippen LogP contribution in [-0.4, -0.2) is 4.98 Å². The lowest BCUT2D eigenvalue weighted by Crippen LogP contribution is -2.24. The van der Waals surface area contributed by atoms with Gasteiger partial charge in [-0.05, 0) is 42.0 Å². The lowest BCUT2D eigenvalue weighted by Gasteiger charge is -2.08. The molecular formula is C18H16N4O. The molecule has 0 aliphatic heterocycles. The molecule has 0 fully saturated rings. The van der Waals surface area contributed by atoms with Crippen molar-refractivity contribution in [3.05, 3.63) is 83.5 Å². The molecule has 0 spiro atoms. The van der Waals surface area contributed by atoms with E-state index in [1.807, 2.05) is 42.5 Å². The first-order chi connectivity index (χ1) is 11.2. The summed E-state index contributed by atoms with van der Waals surface area (Å²) >= 11 is 0. The molecule has 3 N–H and O–H groups in total. The van der Waals surface area contributed by atoms with Gasteiger partial charge >= 0.3 is 0 Å². The fraction of sp³-hybridized carbons (Fsp3) is 0. The van der Waals surface area contributed by atoms with Crippen LogP contribution in [0.15, 0.2) is 67.1 Å². The Hall–Kier alpha value is -3.34. The Labute approximate surface area is 134 Å². The summed E-state index contributed by atoms with van der Waals surface area (Å²) in [6, 6.07) is 15.0. The van der Waals surface area contributed by atoms with Gasteiger partial charge in [-0.2, -0.15) is 4.73 Å². The van der Waals surface area contributed by atoms with E-state index in [0.717, 1.165) is 21.5 Å². The number of nitrogens with two attached hydrogens (primary N) is 1. The first kappa shape index (κ1) is 14.6. The van der Waals surface area contributed by atoms with E-state index in [1.165, 1.54) is 12.4 Å². The Bertz CT molecular complexity index is 846. The van der Waals surface area contributed by atoms with Gasteiger partial charge in [-0.3, -0.25) is 0 Å². The van der Waals surface area contributed by atoms with Gasteiger partial charge in [-0.1, -0.05) is 18.2 Å². The fourth-order valence-electron chi connectivity index (χ4n) is 2.14. The van der Waals surface area contributed by atoms with Crippen LogP contribution in [0.4, 0.5) is 17.2 Å². The zero-order valence-electron chi connectivity index (χ0n) is 12.4. The minimum Gasteiger partial charge on any atom is -0.619 e. The molecule has 3 rings (SSSR count). The second-order valence-electron chi connectivity index (χ2n) is 5.02. The first-order valence-corrected chi connectivity index (χ1v) is 7.15. The normalized spacial score (nSPS) is 10.8. The van der Waals surface area contributed by atoms with Crippen LogP contribution in [0, 0.1) is 5.21 Å². The van der Waals surface area contributed by atoms with Crippen LogP contribution in [0.1, 0.15) is 11.1 Å². The summed E-state index contributed by atoms with van der Waals surface area (Å²) in [5.41, 5.74) is 9.22. The summed E-state index contributed by atoms with van der Waals surface area (Å²) in [6.45, 7) is 0. The lowest BCUT2D eigenvalue weighted by molar-refractivity contribution is -0.605. The van der Waals surface area contributed by atoms with E-state index in [-0.39, 0.29) is 0 Å². The number of pyridine rings is 2. The first-order valence-electron chi connectivity index (χ1n) is 7.15. The number of rotatable bonds is 4. The minimum atomic E-state index is 0.595. The molecule has 0 aliphatic rings. The van der Waals surface area contributed by atoms with Crippen LogP contribution < -0.4 is 15.8 Å². The topological polar surface area (TPSA) is 77.9 Å². The van der Waals surface area contributed by atoms with Gasteiger partial charge in [0.1, 0.15) is 0 Å². The number of hydrogen-bond acceptors (Lipinski definition) is 4. The monoisotopic (exact) mass is 304 g/mol. The molecule has 0 radical (unpaired) electrons. The fourth-order valence-corrected chi connectivity index (χ4v) is 2.14. The number of nitrogens with zero attached hydrogens (tertiary/aromatic N) is 2. The van der Waals surface area contributed by atoms with Crippen LogP contribution in [-0.2, 0) is 0 Å². The molecule has 5 heteroatoms. The maximum absolute atomic E-state index is 11.2. The van der Waals surface area contributed by atoms with Gasteiger partial charge in [-0.15, -0.1) is 0 Å². The third kappa shape index (κ3) is 3.85. The molecule has 0 amide bonds. The predicted octanol–water partition coefficient (Wildman–Crippen LogP) is 3.21. The van der Waals surface area contributed by atoms with Crippen molar-refractivity contribution in [1.29, 1.82) is 0 Å². The Morgan fingerprint density at radius 1 is 1.04 bits per heavy atom. The van der Waals surface area contributed by atoms with E-state index in [4.69, 9.17) is 5.73 Å². The van der Waals surface area contributed by atoms with E-state index < -0.39 is 0 Å². The summed E-state index contributed by atoms with van der Waals surface area (Å²) in [7, 11) is 0. The maximum Gasteiger partial charge on any atom is 0.187 e. The Kier molecular flexibility index (Phi) is 4.20. The van der Waals surface area contributed by atoms with Crippen molar-refractivity contribution in [2.24, 2.45) is 0 Å². The zero-order chi connectivity index (χ0) is 16.1. The van der Waals surface area contributed by atoms with Gasteiger partial charge < -0.3 is 16.3 Å².